The van der Waals surface area contributed by atoms with Crippen molar-refractivity contribution in [2.75, 3.05) is 6.54 Å². The molecule has 0 fully saturated rings. The molecule has 2 heterocycles. The Hall–Kier alpha value is -3.50. The topological polar surface area (TPSA) is 109 Å². The van der Waals surface area contributed by atoms with Gasteiger partial charge in [-0.3, -0.25) is 9.10 Å². The normalized spacial score (nSPS) is 19.3. The van der Waals surface area contributed by atoms with Crippen molar-refractivity contribution in [2.45, 2.75) is 70.0 Å². The average Bonchev–Trinajstić information content (AvgIpc) is 3.38. The van der Waals surface area contributed by atoms with Crippen LogP contribution in [0, 0.1) is 12.8 Å². The van der Waals surface area contributed by atoms with Crippen LogP contribution in [0.2, 0.25) is 0 Å². The number of carbonyl (C=O) groups excluding carboxylic acids is 1. The third-order valence-electron chi connectivity index (χ3n) is 7.30. The molecule has 3 aromatic rings. The Labute approximate surface area is 230 Å². The number of fused-ring (bicyclic) bond motifs is 1. The number of aryl methyl sites for hydroxylation is 2. The van der Waals surface area contributed by atoms with Crippen molar-refractivity contribution >= 4 is 15.9 Å². The largest absolute Gasteiger partial charge is 0.329 e. The molecule has 10 heteroatoms. The van der Waals surface area contributed by atoms with E-state index in [1.807, 2.05) is 17.8 Å². The summed E-state index contributed by atoms with van der Waals surface area (Å²) in [6.07, 6.45) is 7.74. The molecule has 0 saturated carbocycles. The number of rotatable bonds is 9. The van der Waals surface area contributed by atoms with Gasteiger partial charge in [0.1, 0.15) is 6.04 Å². The molecule has 2 aliphatic rings. The van der Waals surface area contributed by atoms with Crippen LogP contribution in [-0.4, -0.2) is 46.2 Å². The number of hydrogen-bond donors (Lipinski definition) is 2. The minimum atomic E-state index is -3.92. The number of carbonyl (C=O) groups is 1. The lowest BCUT2D eigenvalue weighted by Crippen LogP contribution is -2.50. The van der Waals surface area contributed by atoms with Crippen molar-refractivity contribution in [3.05, 3.63) is 89.0 Å². The molecule has 0 spiro atoms. The third-order valence-corrected chi connectivity index (χ3v) is 9.10. The van der Waals surface area contributed by atoms with Gasteiger partial charge in [-0.2, -0.15) is 0 Å². The molecule has 9 nitrogen and oxygen atoms in total. The summed E-state index contributed by atoms with van der Waals surface area (Å²) in [6, 6.07) is 12.4. The Morgan fingerprint density at radius 1 is 1.15 bits per heavy atom. The van der Waals surface area contributed by atoms with Gasteiger partial charge in [0, 0.05) is 31.6 Å². The monoisotopic (exact) mass is 548 g/mol. The Balaban J connectivity index is 1.34. The van der Waals surface area contributed by atoms with Gasteiger partial charge in [-0.25, -0.2) is 13.1 Å². The quantitative estimate of drug-likeness (QED) is 0.424. The van der Waals surface area contributed by atoms with Crippen LogP contribution in [0.5, 0.6) is 0 Å². The van der Waals surface area contributed by atoms with Gasteiger partial charge in [0.25, 0.3) is 10.0 Å². The highest BCUT2D eigenvalue weighted by atomic mass is 32.2. The number of hydrogen-bond acceptors (Lipinski definition) is 6. The zero-order valence-electron chi connectivity index (χ0n) is 22.7. The predicted octanol–water partition coefficient (Wildman–Crippen LogP) is 3.46. The maximum Gasteiger partial charge on any atom is 0.264 e. The van der Waals surface area contributed by atoms with Gasteiger partial charge in [0.15, 0.2) is 0 Å². The fourth-order valence-electron chi connectivity index (χ4n) is 5.26. The highest BCUT2D eigenvalue weighted by molar-refractivity contribution is 7.89. The third kappa shape index (κ3) is 5.91. The van der Waals surface area contributed by atoms with Crippen molar-refractivity contribution in [1.29, 1.82) is 0 Å². The van der Waals surface area contributed by atoms with Crippen LogP contribution < -0.4 is 10.6 Å². The Morgan fingerprint density at radius 2 is 1.95 bits per heavy atom. The first-order valence-electron chi connectivity index (χ1n) is 13.5. The second kappa shape index (κ2) is 11.3. The van der Waals surface area contributed by atoms with Crippen LogP contribution in [0.3, 0.4) is 0 Å². The first-order chi connectivity index (χ1) is 18.7. The molecule has 1 aromatic heterocycles. The molecule has 0 saturated heterocycles. The number of nitrogens with zero attached hydrogens (tertiary/aromatic N) is 4. The van der Waals surface area contributed by atoms with E-state index in [0.29, 0.717) is 11.6 Å². The molecule has 2 N–H and O–H groups in total. The minimum Gasteiger partial charge on any atom is -0.329 e. The summed E-state index contributed by atoms with van der Waals surface area (Å²) >= 11 is 0. The average molecular weight is 549 g/mol. The molecule has 2 atom stereocenters. The van der Waals surface area contributed by atoms with E-state index >= 15 is 0 Å². The molecule has 1 amide bonds. The predicted molar refractivity (Wildman–Crippen MR) is 149 cm³/mol. The summed E-state index contributed by atoms with van der Waals surface area (Å²) in [7, 11) is -3.92. The number of nitrogens with one attached hydrogen (secondary N) is 2. The minimum absolute atomic E-state index is 0.0557. The second-order valence-electron chi connectivity index (χ2n) is 10.8. The first kappa shape index (κ1) is 27.1. The lowest BCUT2D eigenvalue weighted by Gasteiger charge is -2.31. The summed E-state index contributed by atoms with van der Waals surface area (Å²) in [5.74, 6) is 0.211. The summed E-state index contributed by atoms with van der Waals surface area (Å²) in [5.41, 5.74) is 5.38. The van der Waals surface area contributed by atoms with Crippen LogP contribution >= 0.6 is 0 Å². The Morgan fingerprint density at radius 3 is 2.72 bits per heavy atom. The fraction of sp³-hybridized carbons (Fsp3) is 0.414. The molecule has 1 aliphatic heterocycles. The van der Waals surface area contributed by atoms with Crippen molar-refractivity contribution in [2.24, 2.45) is 5.92 Å². The molecule has 5 rings (SSSR count). The van der Waals surface area contributed by atoms with Crippen molar-refractivity contribution < 1.29 is 13.2 Å². The number of aromatic nitrogens is 3. The number of sulfonamides is 1. The van der Waals surface area contributed by atoms with Gasteiger partial charge in [-0.1, -0.05) is 55.0 Å². The first-order valence-corrected chi connectivity index (χ1v) is 15.0. The van der Waals surface area contributed by atoms with Crippen LogP contribution in [0.1, 0.15) is 60.7 Å². The zero-order valence-corrected chi connectivity index (χ0v) is 23.5. The molecule has 2 aromatic carbocycles. The summed E-state index contributed by atoms with van der Waals surface area (Å²) < 4.78 is 29.8. The van der Waals surface area contributed by atoms with Crippen molar-refractivity contribution in [3.8, 4) is 0 Å². The Bertz CT molecular complexity index is 1460. The maximum atomic E-state index is 13.4. The number of amides is 1. The van der Waals surface area contributed by atoms with E-state index < -0.39 is 22.0 Å². The maximum absolute atomic E-state index is 13.4. The lowest BCUT2D eigenvalue weighted by atomic mass is 9.86. The molecule has 1 unspecified atom stereocenters. The Kier molecular flexibility index (Phi) is 7.86. The van der Waals surface area contributed by atoms with Crippen molar-refractivity contribution in [3.63, 3.8) is 0 Å². The highest BCUT2D eigenvalue weighted by Gasteiger charge is 2.36. The van der Waals surface area contributed by atoms with Gasteiger partial charge < -0.3 is 10.6 Å². The fourth-order valence-corrected chi connectivity index (χ4v) is 6.71. The van der Waals surface area contributed by atoms with Crippen LogP contribution in [0.4, 0.5) is 0 Å². The highest BCUT2D eigenvalue weighted by Crippen LogP contribution is 2.33. The van der Waals surface area contributed by atoms with E-state index in [1.54, 1.807) is 24.3 Å². The molecular formula is C29H36N6O3S. The molecule has 0 radical (unpaired) electrons. The number of benzene rings is 2. The zero-order chi connectivity index (χ0) is 27.6. The second-order valence-corrected chi connectivity index (χ2v) is 12.7. The van der Waals surface area contributed by atoms with E-state index in [0.717, 1.165) is 42.2 Å². The molecule has 0 bridgehead atoms. The standard InChI is InChI=1S/C29H36N6O3S/c1-20(2)17-30-18-22-9-12-26-23(15-22)5-4-6-27(26)34-19-24(32-33-34)16-28-29(36)31-13-14-35(28)39(37,38)25-10-7-21(3)8-11-25/h7-15,19-20,27-28,30H,4-6,16-18H2,1-3H3,(H,31,36)/t27-,28?/m1/s1. The van der Waals surface area contributed by atoms with Gasteiger partial charge in [0.2, 0.25) is 5.91 Å². The van der Waals surface area contributed by atoms with Crippen LogP contribution in [-0.2, 0) is 34.2 Å². The van der Waals surface area contributed by atoms with E-state index in [9.17, 15) is 13.2 Å². The van der Waals surface area contributed by atoms with Crippen LogP contribution in [0.15, 0.2) is 66.0 Å². The summed E-state index contributed by atoms with van der Waals surface area (Å²) in [4.78, 5) is 13.0. The summed E-state index contributed by atoms with van der Waals surface area (Å²) in [6.45, 7) is 8.14. The van der Waals surface area contributed by atoms with E-state index in [1.165, 1.54) is 29.1 Å². The van der Waals surface area contributed by atoms with E-state index in [-0.39, 0.29) is 17.4 Å². The molecule has 1 aliphatic carbocycles. The van der Waals surface area contributed by atoms with Crippen LogP contribution in [0.25, 0.3) is 0 Å². The van der Waals surface area contributed by atoms with Gasteiger partial charge in [-0.15, -0.1) is 5.10 Å². The molecular weight excluding hydrogens is 512 g/mol. The van der Waals surface area contributed by atoms with E-state index in [4.69, 9.17) is 0 Å². The van der Waals surface area contributed by atoms with E-state index in [2.05, 4.69) is 53.0 Å². The smallest absolute Gasteiger partial charge is 0.264 e. The van der Waals surface area contributed by atoms with Gasteiger partial charge in [-0.05, 0) is 67.5 Å². The SMILES string of the molecule is Cc1ccc(S(=O)(=O)N2C=CNC(=O)C2Cc2cn([C@@H]3CCCc4cc(CNCC(C)C)ccc43)nn2)cc1. The van der Waals surface area contributed by atoms with Gasteiger partial charge in [0.05, 0.1) is 16.6 Å². The lowest BCUT2D eigenvalue weighted by molar-refractivity contribution is -0.124. The molecule has 39 heavy (non-hydrogen) atoms. The molecule has 206 valence electrons. The van der Waals surface area contributed by atoms with Crippen molar-refractivity contribution in [1.82, 2.24) is 29.9 Å². The van der Waals surface area contributed by atoms with Gasteiger partial charge >= 0.3 is 0 Å². The summed E-state index contributed by atoms with van der Waals surface area (Å²) in [5, 5.41) is 14.9.